The van der Waals surface area contributed by atoms with Gasteiger partial charge in [-0.05, 0) is 75.4 Å². The predicted molar refractivity (Wildman–Crippen MR) is 111 cm³/mol. The van der Waals surface area contributed by atoms with Crippen molar-refractivity contribution in [2.75, 3.05) is 11.9 Å². The molecule has 0 aliphatic heterocycles. The van der Waals surface area contributed by atoms with Crippen molar-refractivity contribution in [2.24, 2.45) is 7.05 Å². The van der Waals surface area contributed by atoms with Crippen molar-refractivity contribution in [2.45, 2.75) is 45.6 Å². The number of hydrogen-bond acceptors (Lipinski definition) is 5. The second-order valence-electron chi connectivity index (χ2n) is 7.59. The number of nitrogens with one attached hydrogen (secondary N) is 1. The lowest BCUT2D eigenvalue weighted by Crippen LogP contribution is -2.20. The maximum absolute atomic E-state index is 12.3. The van der Waals surface area contributed by atoms with E-state index in [-0.39, 0.29) is 12.5 Å². The number of rotatable bonds is 6. The van der Waals surface area contributed by atoms with E-state index in [1.165, 1.54) is 12.8 Å². The number of fused-ring (bicyclic) bond motifs is 1. The number of anilines is 1. The standard InChI is InChI=1S/C22H26N4O3/c1-14-12-15(2)23-21-20(14)22(25-26(21)3)28-13-19(27)24-16-8-10-18(11-9-16)29-17-6-4-5-7-17/h8-12,17H,4-7,13H2,1-3H3,(H,24,27). The van der Waals surface area contributed by atoms with Crippen LogP contribution in [0.5, 0.6) is 11.6 Å². The van der Waals surface area contributed by atoms with Crippen LogP contribution in [-0.2, 0) is 11.8 Å². The largest absolute Gasteiger partial charge is 0.490 e. The Bertz CT molecular complexity index is 1020. The molecule has 0 radical (unpaired) electrons. The van der Waals surface area contributed by atoms with Gasteiger partial charge in [0.1, 0.15) is 5.75 Å². The number of nitrogens with zero attached hydrogens (tertiary/aromatic N) is 3. The maximum atomic E-state index is 12.3. The number of aryl methyl sites for hydroxylation is 3. The average molecular weight is 394 g/mol. The molecule has 1 aromatic carbocycles. The highest BCUT2D eigenvalue weighted by Crippen LogP contribution is 2.27. The van der Waals surface area contributed by atoms with Gasteiger partial charge in [-0.25, -0.2) is 9.67 Å². The number of hydrogen-bond donors (Lipinski definition) is 1. The van der Waals surface area contributed by atoms with E-state index in [9.17, 15) is 4.79 Å². The number of pyridine rings is 1. The van der Waals surface area contributed by atoms with Gasteiger partial charge >= 0.3 is 0 Å². The third kappa shape index (κ3) is 4.34. The Kier molecular flexibility index (Phi) is 5.38. The molecule has 1 amide bonds. The van der Waals surface area contributed by atoms with Gasteiger partial charge in [0.05, 0.1) is 11.5 Å². The summed E-state index contributed by atoms with van der Waals surface area (Å²) in [6.07, 6.45) is 5.02. The summed E-state index contributed by atoms with van der Waals surface area (Å²) in [5, 5.41) is 8.04. The lowest BCUT2D eigenvalue weighted by atomic mass is 10.2. The van der Waals surface area contributed by atoms with E-state index >= 15 is 0 Å². The van der Waals surface area contributed by atoms with E-state index in [4.69, 9.17) is 9.47 Å². The first-order valence-electron chi connectivity index (χ1n) is 10.00. The van der Waals surface area contributed by atoms with Gasteiger partial charge in [-0.3, -0.25) is 4.79 Å². The first-order chi connectivity index (χ1) is 14.0. The Hall–Kier alpha value is -3.09. The maximum Gasteiger partial charge on any atom is 0.262 e. The zero-order valence-corrected chi connectivity index (χ0v) is 17.1. The zero-order valence-electron chi connectivity index (χ0n) is 17.1. The van der Waals surface area contributed by atoms with Gasteiger partial charge in [-0.1, -0.05) is 0 Å². The van der Waals surface area contributed by atoms with Crippen molar-refractivity contribution in [1.29, 1.82) is 0 Å². The molecule has 1 aliphatic rings. The van der Waals surface area contributed by atoms with E-state index in [0.717, 1.165) is 40.9 Å². The second-order valence-corrected chi connectivity index (χ2v) is 7.59. The zero-order chi connectivity index (χ0) is 20.4. The summed E-state index contributed by atoms with van der Waals surface area (Å²) in [5.41, 5.74) is 3.39. The minimum Gasteiger partial charge on any atom is -0.490 e. The monoisotopic (exact) mass is 394 g/mol. The normalized spacial score (nSPS) is 14.3. The Morgan fingerprint density at radius 1 is 1.21 bits per heavy atom. The summed E-state index contributed by atoms with van der Waals surface area (Å²) in [6.45, 7) is 3.80. The van der Waals surface area contributed by atoms with Gasteiger partial charge < -0.3 is 14.8 Å². The SMILES string of the molecule is Cc1cc(C)c2c(OCC(=O)Nc3ccc(OC4CCCC4)cc3)nn(C)c2n1. The van der Waals surface area contributed by atoms with E-state index in [1.54, 1.807) is 4.68 Å². The molecule has 7 heteroatoms. The molecule has 1 saturated carbocycles. The van der Waals surface area contributed by atoms with Crippen LogP contribution in [0.2, 0.25) is 0 Å². The first kappa shape index (κ1) is 19.2. The second kappa shape index (κ2) is 8.11. The van der Waals surface area contributed by atoms with Gasteiger partial charge in [-0.2, -0.15) is 0 Å². The van der Waals surface area contributed by atoms with E-state index in [2.05, 4.69) is 15.4 Å². The fourth-order valence-corrected chi connectivity index (χ4v) is 3.80. The molecule has 7 nitrogen and oxygen atoms in total. The van der Waals surface area contributed by atoms with Crippen molar-refractivity contribution < 1.29 is 14.3 Å². The summed E-state index contributed by atoms with van der Waals surface area (Å²) in [4.78, 5) is 16.8. The molecule has 4 rings (SSSR count). The Balaban J connectivity index is 1.36. The summed E-state index contributed by atoms with van der Waals surface area (Å²) < 4.78 is 13.3. The van der Waals surface area contributed by atoms with Crippen LogP contribution in [0.1, 0.15) is 36.9 Å². The number of amides is 1. The van der Waals surface area contributed by atoms with Crippen LogP contribution >= 0.6 is 0 Å². The molecule has 29 heavy (non-hydrogen) atoms. The number of aromatic nitrogens is 3. The molecule has 2 aromatic heterocycles. The van der Waals surface area contributed by atoms with Crippen molar-refractivity contribution in [3.05, 3.63) is 41.6 Å². The third-order valence-corrected chi connectivity index (χ3v) is 5.17. The molecule has 1 N–H and O–H groups in total. The van der Waals surface area contributed by atoms with Crippen LogP contribution in [0.25, 0.3) is 11.0 Å². The van der Waals surface area contributed by atoms with Crippen LogP contribution in [-0.4, -0.2) is 33.4 Å². The first-order valence-corrected chi connectivity index (χ1v) is 10.00. The lowest BCUT2D eigenvalue weighted by molar-refractivity contribution is -0.118. The molecule has 2 heterocycles. The van der Waals surface area contributed by atoms with E-state index in [1.807, 2.05) is 51.2 Å². The molecule has 1 fully saturated rings. The Morgan fingerprint density at radius 3 is 2.66 bits per heavy atom. The third-order valence-electron chi connectivity index (χ3n) is 5.17. The number of ether oxygens (including phenoxy) is 2. The minimum absolute atomic E-state index is 0.125. The fraction of sp³-hybridized carbons (Fsp3) is 0.409. The smallest absolute Gasteiger partial charge is 0.262 e. The molecule has 0 bridgehead atoms. The molecule has 3 aromatic rings. The lowest BCUT2D eigenvalue weighted by Gasteiger charge is -2.13. The molecule has 1 aliphatic carbocycles. The number of carbonyl (C=O) groups excluding carboxylic acids is 1. The molecule has 0 unspecified atom stereocenters. The predicted octanol–water partition coefficient (Wildman–Crippen LogP) is 3.92. The van der Waals surface area contributed by atoms with E-state index < -0.39 is 0 Å². The van der Waals surface area contributed by atoms with Crippen LogP contribution in [0.4, 0.5) is 5.69 Å². The summed E-state index contributed by atoms with van der Waals surface area (Å²) in [6, 6.07) is 9.44. The Labute approximate surface area is 170 Å². The number of carbonyl (C=O) groups is 1. The van der Waals surface area contributed by atoms with Crippen molar-refractivity contribution >= 4 is 22.6 Å². The molecule has 152 valence electrons. The molecule has 0 saturated heterocycles. The Morgan fingerprint density at radius 2 is 1.93 bits per heavy atom. The quantitative estimate of drug-likeness (QED) is 0.685. The fourth-order valence-electron chi connectivity index (χ4n) is 3.80. The van der Waals surface area contributed by atoms with Gasteiger partial charge in [0, 0.05) is 18.4 Å². The molecule has 0 spiro atoms. The van der Waals surface area contributed by atoms with Crippen molar-refractivity contribution in [1.82, 2.24) is 14.8 Å². The van der Waals surface area contributed by atoms with Gasteiger partial charge in [0.25, 0.3) is 5.91 Å². The van der Waals surface area contributed by atoms with Gasteiger partial charge in [0.15, 0.2) is 12.3 Å². The minimum atomic E-state index is -0.244. The highest BCUT2D eigenvalue weighted by atomic mass is 16.5. The average Bonchev–Trinajstić information content (AvgIpc) is 3.30. The van der Waals surface area contributed by atoms with Gasteiger partial charge in [0.2, 0.25) is 5.88 Å². The topological polar surface area (TPSA) is 78.3 Å². The molecular formula is C22H26N4O3. The highest BCUT2D eigenvalue weighted by molar-refractivity contribution is 5.92. The molecular weight excluding hydrogens is 368 g/mol. The van der Waals surface area contributed by atoms with Crippen LogP contribution in [0.15, 0.2) is 30.3 Å². The van der Waals surface area contributed by atoms with Crippen molar-refractivity contribution in [3.63, 3.8) is 0 Å². The summed E-state index contributed by atoms with van der Waals surface area (Å²) in [5.74, 6) is 1.01. The van der Waals surface area contributed by atoms with Crippen LogP contribution in [0.3, 0.4) is 0 Å². The van der Waals surface area contributed by atoms with E-state index in [0.29, 0.717) is 17.7 Å². The summed E-state index contributed by atoms with van der Waals surface area (Å²) >= 11 is 0. The van der Waals surface area contributed by atoms with Crippen LogP contribution < -0.4 is 14.8 Å². The van der Waals surface area contributed by atoms with Crippen LogP contribution in [0, 0.1) is 13.8 Å². The number of benzene rings is 1. The van der Waals surface area contributed by atoms with Gasteiger partial charge in [-0.15, -0.1) is 5.10 Å². The van der Waals surface area contributed by atoms with Crippen molar-refractivity contribution in [3.8, 4) is 11.6 Å². The molecule has 0 atom stereocenters. The highest BCUT2D eigenvalue weighted by Gasteiger charge is 2.17. The summed E-state index contributed by atoms with van der Waals surface area (Å²) in [7, 11) is 1.82.